The van der Waals surface area contributed by atoms with Gasteiger partial charge in [0.05, 0.1) is 24.8 Å². The van der Waals surface area contributed by atoms with Crippen LogP contribution in [-0.2, 0) is 16.0 Å². The van der Waals surface area contributed by atoms with Gasteiger partial charge < -0.3 is 15.2 Å². The van der Waals surface area contributed by atoms with E-state index in [4.69, 9.17) is 4.74 Å². The number of rotatable bonds is 10. The van der Waals surface area contributed by atoms with Crippen molar-refractivity contribution in [1.29, 1.82) is 0 Å². The normalized spacial score (nSPS) is 13.7. The molecule has 1 amide bonds. The van der Waals surface area contributed by atoms with Crippen LogP contribution in [0.4, 0.5) is 0 Å². The number of aromatic amines is 1. The van der Waals surface area contributed by atoms with Crippen LogP contribution in [-0.4, -0.2) is 51.6 Å². The number of amides is 1. The van der Waals surface area contributed by atoms with Crippen molar-refractivity contribution >= 4 is 11.9 Å². The van der Waals surface area contributed by atoms with Gasteiger partial charge in [-0.2, -0.15) is 15.4 Å². The SMILES string of the molecule is CCOC(=O)C(C)(CO)C[C@@H](Cc1ccc(-c2ccccc2)cc1)NC(=O)c1cn[nH]n1. The van der Waals surface area contributed by atoms with Crippen molar-refractivity contribution in [2.75, 3.05) is 13.2 Å². The molecule has 0 saturated carbocycles. The van der Waals surface area contributed by atoms with Gasteiger partial charge in [-0.1, -0.05) is 54.6 Å². The minimum absolute atomic E-state index is 0.149. The number of H-pyrrole nitrogens is 1. The van der Waals surface area contributed by atoms with Gasteiger partial charge in [0.1, 0.15) is 0 Å². The van der Waals surface area contributed by atoms with Crippen molar-refractivity contribution in [3.8, 4) is 11.1 Å². The fraction of sp³-hybridized carbons (Fsp3) is 0.333. The summed E-state index contributed by atoms with van der Waals surface area (Å²) in [5.41, 5.74) is 2.19. The van der Waals surface area contributed by atoms with Crippen LogP contribution in [0.2, 0.25) is 0 Å². The average Bonchev–Trinajstić information content (AvgIpc) is 3.35. The maximum Gasteiger partial charge on any atom is 0.314 e. The minimum atomic E-state index is -1.15. The van der Waals surface area contributed by atoms with Gasteiger partial charge in [0.15, 0.2) is 5.69 Å². The summed E-state index contributed by atoms with van der Waals surface area (Å²) in [6, 6.07) is 17.6. The summed E-state index contributed by atoms with van der Waals surface area (Å²) in [4.78, 5) is 25.1. The van der Waals surface area contributed by atoms with Crippen molar-refractivity contribution in [3.63, 3.8) is 0 Å². The van der Waals surface area contributed by atoms with Crippen molar-refractivity contribution in [1.82, 2.24) is 20.7 Å². The third-order valence-corrected chi connectivity index (χ3v) is 5.34. The maximum atomic E-state index is 12.6. The number of hydrogen-bond acceptors (Lipinski definition) is 6. The van der Waals surface area contributed by atoms with E-state index in [2.05, 4.69) is 20.7 Å². The molecule has 0 spiro atoms. The lowest BCUT2D eigenvalue weighted by molar-refractivity contribution is -0.157. The monoisotopic (exact) mass is 436 g/mol. The lowest BCUT2D eigenvalue weighted by Crippen LogP contribution is -2.44. The molecule has 0 aliphatic carbocycles. The average molecular weight is 437 g/mol. The largest absolute Gasteiger partial charge is 0.466 e. The third-order valence-electron chi connectivity index (χ3n) is 5.34. The molecule has 0 fully saturated rings. The van der Waals surface area contributed by atoms with Crippen LogP contribution in [0.15, 0.2) is 60.8 Å². The summed E-state index contributed by atoms with van der Waals surface area (Å²) in [7, 11) is 0. The van der Waals surface area contributed by atoms with Gasteiger partial charge >= 0.3 is 5.97 Å². The molecule has 3 N–H and O–H groups in total. The Balaban J connectivity index is 1.80. The number of hydrogen-bond donors (Lipinski definition) is 3. The molecule has 32 heavy (non-hydrogen) atoms. The first kappa shape index (κ1) is 23.1. The second kappa shape index (κ2) is 10.7. The number of aliphatic hydroxyl groups excluding tert-OH is 1. The van der Waals surface area contributed by atoms with Crippen LogP contribution < -0.4 is 5.32 Å². The molecule has 2 atom stereocenters. The molecule has 0 saturated heterocycles. The van der Waals surface area contributed by atoms with Crippen molar-refractivity contribution in [2.24, 2.45) is 5.41 Å². The number of carbonyl (C=O) groups is 2. The smallest absolute Gasteiger partial charge is 0.314 e. The summed E-state index contributed by atoms with van der Waals surface area (Å²) in [6.45, 7) is 3.17. The summed E-state index contributed by atoms with van der Waals surface area (Å²) in [5, 5.41) is 22.8. The predicted molar refractivity (Wildman–Crippen MR) is 120 cm³/mol. The first-order valence-corrected chi connectivity index (χ1v) is 10.5. The predicted octanol–water partition coefficient (Wildman–Crippen LogP) is 2.76. The zero-order chi connectivity index (χ0) is 23.0. The van der Waals surface area contributed by atoms with Gasteiger partial charge in [-0.3, -0.25) is 9.59 Å². The molecule has 1 aromatic heterocycles. The number of ether oxygens (including phenoxy) is 1. The third kappa shape index (κ3) is 5.79. The number of aromatic nitrogens is 3. The van der Waals surface area contributed by atoms with Gasteiger partial charge in [-0.15, -0.1) is 0 Å². The van der Waals surface area contributed by atoms with E-state index in [1.807, 2.05) is 54.6 Å². The first-order chi connectivity index (χ1) is 15.4. The van der Waals surface area contributed by atoms with Gasteiger partial charge in [-0.05, 0) is 43.4 Å². The molecular weight excluding hydrogens is 408 g/mol. The van der Waals surface area contributed by atoms with Crippen LogP contribution in [0.3, 0.4) is 0 Å². The Morgan fingerprint density at radius 3 is 2.41 bits per heavy atom. The van der Waals surface area contributed by atoms with Crippen molar-refractivity contribution in [3.05, 3.63) is 72.1 Å². The molecule has 1 unspecified atom stereocenters. The Labute approximate surface area is 187 Å². The molecular formula is C24H28N4O4. The Morgan fingerprint density at radius 2 is 1.81 bits per heavy atom. The lowest BCUT2D eigenvalue weighted by atomic mass is 9.82. The van der Waals surface area contributed by atoms with Crippen LogP contribution in [0.1, 0.15) is 36.3 Å². The quantitative estimate of drug-likeness (QED) is 0.421. The summed E-state index contributed by atoms with van der Waals surface area (Å²) < 4.78 is 5.15. The molecule has 2 aromatic carbocycles. The zero-order valence-electron chi connectivity index (χ0n) is 18.2. The van der Waals surface area contributed by atoms with E-state index in [-0.39, 0.29) is 18.7 Å². The molecule has 0 radical (unpaired) electrons. The van der Waals surface area contributed by atoms with E-state index in [0.29, 0.717) is 6.42 Å². The molecule has 1 heterocycles. The Hall–Kier alpha value is -3.52. The van der Waals surface area contributed by atoms with E-state index in [1.54, 1.807) is 13.8 Å². The highest BCUT2D eigenvalue weighted by atomic mass is 16.5. The second-order valence-electron chi connectivity index (χ2n) is 7.94. The van der Waals surface area contributed by atoms with E-state index in [1.165, 1.54) is 6.20 Å². The Bertz CT molecular complexity index is 1010. The fourth-order valence-corrected chi connectivity index (χ4v) is 3.55. The number of benzene rings is 2. The highest BCUT2D eigenvalue weighted by Crippen LogP contribution is 2.27. The maximum absolute atomic E-state index is 12.6. The standard InChI is InChI=1S/C24H28N4O4/c1-3-32-23(31)24(2,16-29)14-20(26-22(30)21-15-25-28-27-21)13-17-9-11-19(12-10-17)18-7-5-4-6-8-18/h4-12,15,20,29H,3,13-14,16H2,1-2H3,(H,26,30)(H,25,27,28)/t20-,24?/m1/s1. The second-order valence-corrected chi connectivity index (χ2v) is 7.94. The number of nitrogens with zero attached hydrogens (tertiary/aromatic N) is 2. The molecule has 3 rings (SSSR count). The molecule has 0 aliphatic rings. The molecule has 168 valence electrons. The van der Waals surface area contributed by atoms with Gasteiger partial charge in [0.25, 0.3) is 5.91 Å². The molecule has 3 aromatic rings. The van der Waals surface area contributed by atoms with Gasteiger partial charge in [0, 0.05) is 6.04 Å². The Morgan fingerprint density at radius 1 is 1.12 bits per heavy atom. The van der Waals surface area contributed by atoms with E-state index in [9.17, 15) is 14.7 Å². The summed E-state index contributed by atoms with van der Waals surface area (Å²) in [5.74, 6) is -0.906. The molecule has 8 heteroatoms. The zero-order valence-corrected chi connectivity index (χ0v) is 18.2. The number of aliphatic hydroxyl groups is 1. The topological polar surface area (TPSA) is 117 Å². The number of carbonyl (C=O) groups excluding carboxylic acids is 2. The Kier molecular flexibility index (Phi) is 7.72. The number of nitrogens with one attached hydrogen (secondary N) is 2. The van der Waals surface area contributed by atoms with E-state index in [0.717, 1.165) is 16.7 Å². The van der Waals surface area contributed by atoms with Crippen LogP contribution in [0, 0.1) is 5.41 Å². The number of esters is 1. The van der Waals surface area contributed by atoms with Crippen molar-refractivity contribution in [2.45, 2.75) is 32.7 Å². The van der Waals surface area contributed by atoms with Crippen LogP contribution in [0.5, 0.6) is 0 Å². The van der Waals surface area contributed by atoms with Crippen LogP contribution in [0.25, 0.3) is 11.1 Å². The highest BCUT2D eigenvalue weighted by Gasteiger charge is 2.37. The highest BCUT2D eigenvalue weighted by molar-refractivity contribution is 5.92. The lowest BCUT2D eigenvalue weighted by Gasteiger charge is -2.30. The van der Waals surface area contributed by atoms with Crippen LogP contribution >= 0.6 is 0 Å². The fourth-order valence-electron chi connectivity index (χ4n) is 3.55. The minimum Gasteiger partial charge on any atom is -0.466 e. The summed E-state index contributed by atoms with van der Waals surface area (Å²) >= 11 is 0. The first-order valence-electron chi connectivity index (χ1n) is 10.5. The van der Waals surface area contributed by atoms with Crippen molar-refractivity contribution < 1.29 is 19.4 Å². The molecule has 8 nitrogen and oxygen atoms in total. The van der Waals surface area contributed by atoms with E-state index < -0.39 is 29.9 Å². The summed E-state index contributed by atoms with van der Waals surface area (Å²) in [6.07, 6.45) is 2.00. The van der Waals surface area contributed by atoms with E-state index >= 15 is 0 Å². The molecule has 0 bridgehead atoms. The molecule has 0 aliphatic heterocycles. The van der Waals surface area contributed by atoms with Gasteiger partial charge in [-0.25, -0.2) is 0 Å². The van der Waals surface area contributed by atoms with Gasteiger partial charge in [0.2, 0.25) is 0 Å².